The van der Waals surface area contributed by atoms with Crippen molar-refractivity contribution in [3.63, 3.8) is 0 Å². The molecule has 176 valence electrons. The molecule has 2 N–H and O–H groups in total. The van der Waals surface area contributed by atoms with Crippen molar-refractivity contribution in [1.29, 1.82) is 0 Å². The summed E-state index contributed by atoms with van der Waals surface area (Å²) in [5.74, 6) is 1.64. The zero-order valence-corrected chi connectivity index (χ0v) is 19.7. The Bertz CT molecular complexity index is 1110. The van der Waals surface area contributed by atoms with E-state index in [1.54, 1.807) is 0 Å². The van der Waals surface area contributed by atoms with Gasteiger partial charge in [0.25, 0.3) is 0 Å². The Hall–Kier alpha value is -1.91. The van der Waals surface area contributed by atoms with Crippen molar-refractivity contribution in [2.75, 3.05) is 35.7 Å². The molecule has 2 aromatic heterocycles. The van der Waals surface area contributed by atoms with Crippen molar-refractivity contribution in [2.45, 2.75) is 66.5 Å². The van der Waals surface area contributed by atoms with Crippen molar-refractivity contribution >= 4 is 34.2 Å². The van der Waals surface area contributed by atoms with Gasteiger partial charge < -0.3 is 15.3 Å². The molecule has 3 fully saturated rings. The molecule has 6 rings (SSSR count). The maximum absolute atomic E-state index is 15.3. The fourth-order valence-electron chi connectivity index (χ4n) is 5.23. The van der Waals surface area contributed by atoms with Crippen molar-refractivity contribution in [1.82, 2.24) is 19.9 Å². The molecule has 0 amide bonds. The van der Waals surface area contributed by atoms with Gasteiger partial charge in [-0.2, -0.15) is 4.98 Å². The van der Waals surface area contributed by atoms with Gasteiger partial charge >= 0.3 is 0 Å². The van der Waals surface area contributed by atoms with Crippen molar-refractivity contribution in [3.8, 4) is 0 Å². The Labute approximate surface area is 198 Å². The van der Waals surface area contributed by atoms with Crippen LogP contribution >= 0.6 is 11.6 Å². The Balaban J connectivity index is 1.31. The molecule has 11 heteroatoms. The molecule has 0 radical (unpaired) electrons. The molecular formula is C22H26ClFN6O2S. The number of piperidine rings is 1. The van der Waals surface area contributed by atoms with E-state index in [0.29, 0.717) is 46.2 Å². The molecule has 2 aliphatic heterocycles. The summed E-state index contributed by atoms with van der Waals surface area (Å²) in [6, 6.07) is 0. The van der Waals surface area contributed by atoms with E-state index in [1.807, 2.05) is 4.90 Å². The van der Waals surface area contributed by atoms with E-state index in [4.69, 9.17) is 21.6 Å². The van der Waals surface area contributed by atoms with E-state index < -0.39 is 28.4 Å². The van der Waals surface area contributed by atoms with E-state index in [0.717, 1.165) is 37.8 Å². The summed E-state index contributed by atoms with van der Waals surface area (Å²) in [4.78, 5) is 20.6. The number of aliphatic hydroxyl groups is 1. The van der Waals surface area contributed by atoms with E-state index >= 15 is 4.39 Å². The second-order valence-corrected chi connectivity index (χ2v) is 11.7. The van der Waals surface area contributed by atoms with Crippen molar-refractivity contribution in [3.05, 3.63) is 28.9 Å². The number of nitrogens with one attached hydrogen (secondary N) is 1. The Morgan fingerprint density at radius 3 is 2.61 bits per heavy atom. The van der Waals surface area contributed by atoms with Crippen LogP contribution in [-0.2, 0) is 16.2 Å². The van der Waals surface area contributed by atoms with Crippen LogP contribution in [0.4, 0.5) is 16.2 Å². The third-order valence-electron chi connectivity index (χ3n) is 7.64. The van der Waals surface area contributed by atoms with Gasteiger partial charge in [0, 0.05) is 30.1 Å². The van der Waals surface area contributed by atoms with Gasteiger partial charge in [-0.25, -0.2) is 19.3 Å². The van der Waals surface area contributed by atoms with E-state index in [9.17, 15) is 9.32 Å². The van der Waals surface area contributed by atoms with Crippen LogP contribution in [0.15, 0.2) is 17.3 Å². The first-order valence-electron chi connectivity index (χ1n) is 11.5. The lowest BCUT2D eigenvalue weighted by Gasteiger charge is -2.42. The fourth-order valence-corrected chi connectivity index (χ4v) is 7.19. The van der Waals surface area contributed by atoms with Crippen LogP contribution in [-0.4, -0.2) is 66.4 Å². The van der Waals surface area contributed by atoms with Crippen molar-refractivity contribution in [2.24, 2.45) is 0 Å². The highest BCUT2D eigenvalue weighted by Crippen LogP contribution is 2.56. The molecule has 1 spiro atoms. The predicted octanol–water partition coefficient (Wildman–Crippen LogP) is 2.73. The van der Waals surface area contributed by atoms with E-state index in [1.165, 1.54) is 12.4 Å². The van der Waals surface area contributed by atoms with Gasteiger partial charge in [-0.15, -0.1) is 0 Å². The number of aromatic nitrogens is 4. The molecular weight excluding hydrogens is 467 g/mol. The molecule has 4 heterocycles. The quantitative estimate of drug-likeness (QED) is 0.656. The highest BCUT2D eigenvalue weighted by atomic mass is 35.5. The minimum absolute atomic E-state index is 0.00206. The van der Waals surface area contributed by atoms with Crippen LogP contribution < -0.4 is 10.2 Å². The third-order valence-corrected chi connectivity index (χ3v) is 9.49. The van der Waals surface area contributed by atoms with Gasteiger partial charge in [-0.3, -0.25) is 4.21 Å². The lowest BCUT2D eigenvalue weighted by Crippen LogP contribution is -2.49. The van der Waals surface area contributed by atoms with Crippen molar-refractivity contribution < 1.29 is 13.7 Å². The lowest BCUT2D eigenvalue weighted by atomic mass is 9.77. The van der Waals surface area contributed by atoms with Crippen LogP contribution in [0.1, 0.15) is 56.0 Å². The van der Waals surface area contributed by atoms with Gasteiger partial charge in [0.2, 0.25) is 5.95 Å². The maximum atomic E-state index is 15.3. The van der Waals surface area contributed by atoms with Gasteiger partial charge in [-0.1, -0.05) is 11.6 Å². The summed E-state index contributed by atoms with van der Waals surface area (Å²) < 4.78 is 28.3. The molecule has 2 aliphatic carbocycles. The average Bonchev–Trinajstić information content (AvgIpc) is 3.50. The number of hydrogen-bond donors (Lipinski definition) is 2. The third kappa shape index (κ3) is 3.61. The van der Waals surface area contributed by atoms with Gasteiger partial charge in [0.15, 0.2) is 0 Å². The highest BCUT2D eigenvalue weighted by Gasteiger charge is 2.55. The molecule has 1 saturated heterocycles. The first-order valence-corrected chi connectivity index (χ1v) is 13.2. The Kier molecular flexibility index (Phi) is 5.12. The highest BCUT2D eigenvalue weighted by molar-refractivity contribution is 7.85. The minimum atomic E-state index is -1.17. The number of fused-ring (bicyclic) bond motifs is 2. The number of alkyl halides is 1. The molecule has 0 bridgehead atoms. The molecule has 8 nitrogen and oxygen atoms in total. The first-order chi connectivity index (χ1) is 15.9. The van der Waals surface area contributed by atoms with Crippen LogP contribution in [0.5, 0.6) is 0 Å². The number of halogens is 2. The smallest absolute Gasteiger partial charge is 0.227 e. The number of anilines is 2. The summed E-state index contributed by atoms with van der Waals surface area (Å²) in [7, 11) is -1.17. The predicted molar refractivity (Wildman–Crippen MR) is 123 cm³/mol. The standard InChI is InChI=1S/C22H26ClFN6O2S/c23-13-8-25-18(26-9-13)14-2-7-30(10-15(14)24)20-27-17-16(33(32)12-21(17)5-6-21)19(28-20)29-22(11-31)3-1-4-22/h8-9,14-15,31H,1-7,10-12H2,(H,27,28,29)/t14?,15?,33-/m0/s1. The maximum Gasteiger partial charge on any atom is 0.227 e. The zero-order chi connectivity index (χ0) is 22.8. The lowest BCUT2D eigenvalue weighted by molar-refractivity contribution is 0.143. The van der Waals surface area contributed by atoms with Crippen LogP contribution in [0.2, 0.25) is 5.02 Å². The fraction of sp³-hybridized carbons (Fsp3) is 0.636. The molecule has 2 aromatic rings. The second kappa shape index (κ2) is 7.81. The van der Waals surface area contributed by atoms with Crippen LogP contribution in [0.3, 0.4) is 0 Å². The summed E-state index contributed by atoms with van der Waals surface area (Å²) in [6.45, 7) is 0.699. The summed E-state index contributed by atoms with van der Waals surface area (Å²) in [6.07, 6.45) is 7.00. The molecule has 3 atom stereocenters. The van der Waals surface area contributed by atoms with Gasteiger partial charge in [-0.05, 0) is 38.5 Å². The molecule has 4 aliphatic rings. The van der Waals surface area contributed by atoms with Gasteiger partial charge in [0.1, 0.15) is 22.7 Å². The SMILES string of the molecule is O=[S@]1CC2(CC2)c2nc(N3CCC(c4ncc(Cl)cn4)C(F)C3)nc(NC3(CO)CCC3)c21. The van der Waals surface area contributed by atoms with Crippen LogP contribution in [0.25, 0.3) is 0 Å². The molecule has 2 unspecified atom stereocenters. The molecule has 2 saturated carbocycles. The normalized spacial score (nSPS) is 28.9. The van der Waals surface area contributed by atoms with Crippen LogP contribution in [0, 0.1) is 0 Å². The van der Waals surface area contributed by atoms with E-state index in [2.05, 4.69) is 15.3 Å². The average molecular weight is 493 g/mol. The summed E-state index contributed by atoms with van der Waals surface area (Å²) in [5, 5.41) is 13.8. The molecule has 0 aromatic carbocycles. The summed E-state index contributed by atoms with van der Waals surface area (Å²) >= 11 is 5.87. The topological polar surface area (TPSA) is 104 Å². The molecule has 33 heavy (non-hydrogen) atoms. The van der Waals surface area contributed by atoms with Gasteiger partial charge in [0.05, 0.1) is 46.1 Å². The monoisotopic (exact) mass is 492 g/mol. The minimum Gasteiger partial charge on any atom is -0.394 e. The number of aliphatic hydroxyl groups excluding tert-OH is 1. The zero-order valence-electron chi connectivity index (χ0n) is 18.1. The van der Waals surface area contributed by atoms with E-state index in [-0.39, 0.29) is 18.6 Å². The number of nitrogens with zero attached hydrogens (tertiary/aromatic N) is 5. The first kappa shape index (κ1) is 21.6. The number of hydrogen-bond acceptors (Lipinski definition) is 8. The number of rotatable bonds is 5. The Morgan fingerprint density at radius 2 is 2.00 bits per heavy atom. The summed E-state index contributed by atoms with van der Waals surface area (Å²) in [5.41, 5.74) is 0.286. The largest absolute Gasteiger partial charge is 0.394 e. The second-order valence-electron chi connectivity index (χ2n) is 9.85. The Morgan fingerprint density at radius 1 is 1.24 bits per heavy atom.